The van der Waals surface area contributed by atoms with E-state index in [4.69, 9.17) is 14.2 Å². The third-order valence-corrected chi connectivity index (χ3v) is 14.5. The minimum Gasteiger partial charge on any atom is -0.454 e. The molecule has 0 aromatic carbocycles. The van der Waals surface area contributed by atoms with Crippen LogP contribution in [0.5, 0.6) is 0 Å². The number of aliphatic hydroxyl groups is 5. The average molecular weight is 1060 g/mol. The van der Waals surface area contributed by atoms with Crippen LogP contribution >= 0.6 is 0 Å². The molecule has 8 unspecified atom stereocenters. The van der Waals surface area contributed by atoms with Crippen LogP contribution in [0.3, 0.4) is 0 Å². The van der Waals surface area contributed by atoms with Crippen LogP contribution in [0.4, 0.5) is 0 Å². The van der Waals surface area contributed by atoms with Gasteiger partial charge in [-0.2, -0.15) is 0 Å². The Morgan fingerprint density at radius 3 is 1.47 bits per heavy atom. The van der Waals surface area contributed by atoms with Crippen LogP contribution in [0.1, 0.15) is 271 Å². The lowest BCUT2D eigenvalue weighted by atomic mass is 9.99. The molecule has 11 nitrogen and oxygen atoms in total. The monoisotopic (exact) mass is 1060 g/mol. The van der Waals surface area contributed by atoms with Crippen LogP contribution in [0, 0.1) is 0 Å². The summed E-state index contributed by atoms with van der Waals surface area (Å²) in [5.74, 6) is -1.21. The number of carbonyl (C=O) groups is 2. The highest BCUT2D eigenvalue weighted by Gasteiger charge is 2.47. The van der Waals surface area contributed by atoms with Crippen LogP contribution in [0.15, 0.2) is 60.8 Å². The van der Waals surface area contributed by atoms with E-state index in [1.54, 1.807) is 6.08 Å². The number of nitrogens with one attached hydrogen (secondary N) is 1. The first-order valence-electron chi connectivity index (χ1n) is 31.1. The molecule has 1 amide bonds. The molecule has 0 aromatic rings. The number of unbranched alkanes of at least 4 members (excludes halogenated alkanes) is 32. The lowest BCUT2D eigenvalue weighted by molar-refractivity contribution is -0.305. The van der Waals surface area contributed by atoms with Crippen molar-refractivity contribution in [3.05, 3.63) is 60.8 Å². The highest BCUT2D eigenvalue weighted by atomic mass is 16.7. The van der Waals surface area contributed by atoms with E-state index in [0.717, 1.165) is 70.6 Å². The summed E-state index contributed by atoms with van der Waals surface area (Å²) >= 11 is 0. The summed E-state index contributed by atoms with van der Waals surface area (Å²) in [5.41, 5.74) is 0. The second-order valence-electron chi connectivity index (χ2n) is 21.5. The highest BCUT2D eigenvalue weighted by molar-refractivity contribution is 5.80. The molecule has 1 heterocycles. The molecule has 0 radical (unpaired) electrons. The first-order valence-corrected chi connectivity index (χ1v) is 31.1. The van der Waals surface area contributed by atoms with Crippen molar-refractivity contribution in [2.24, 2.45) is 0 Å². The summed E-state index contributed by atoms with van der Waals surface area (Å²) in [6, 6.07) is -1.03. The minimum absolute atomic E-state index is 0.120. The van der Waals surface area contributed by atoms with Crippen molar-refractivity contribution in [1.82, 2.24) is 5.32 Å². The molecule has 8 atom stereocenters. The number of ether oxygens (including phenoxy) is 3. The molecular formula is C64H115NO10. The largest absolute Gasteiger partial charge is 0.454 e. The van der Waals surface area contributed by atoms with E-state index in [0.29, 0.717) is 12.8 Å². The van der Waals surface area contributed by atoms with E-state index in [-0.39, 0.29) is 19.4 Å². The molecule has 0 bridgehead atoms. The van der Waals surface area contributed by atoms with E-state index < -0.39 is 67.4 Å². The number of carbonyl (C=O) groups excluding carboxylic acids is 2. The van der Waals surface area contributed by atoms with Gasteiger partial charge in [-0.15, -0.1) is 0 Å². The lowest BCUT2D eigenvalue weighted by Gasteiger charge is -2.41. The molecule has 11 heteroatoms. The molecule has 1 fully saturated rings. The maximum atomic E-state index is 13.4. The van der Waals surface area contributed by atoms with Crippen LogP contribution in [0.25, 0.3) is 0 Å². The third kappa shape index (κ3) is 40.2. The molecule has 0 aromatic heterocycles. The second-order valence-corrected chi connectivity index (χ2v) is 21.5. The SMILES string of the molecule is CC/C=C/C=C/C=C\CCCCCCC(O)C(=O)NC(COC1OC(CO)C(O)C(O)C1OC(=O)CCCCCCCCCCCCC/C=C/CCCCCCCC)C(O)/C=C/CCCCCCCCCCCCC. The van der Waals surface area contributed by atoms with Gasteiger partial charge in [-0.25, -0.2) is 0 Å². The van der Waals surface area contributed by atoms with Crippen molar-refractivity contribution >= 4 is 11.9 Å². The van der Waals surface area contributed by atoms with Gasteiger partial charge < -0.3 is 45.1 Å². The molecule has 1 aliphatic rings. The standard InChI is InChI=1S/C64H115NO10/c1-4-7-10-13-16-19-22-25-26-27-28-29-30-31-32-34-37-40-43-46-49-52-59(69)75-62-61(71)60(70)58(53-66)74-64(62)73-54-55(56(67)50-47-44-41-38-36-33-23-20-17-14-11-8-5-2)65-63(72)57(68)51-48-45-42-39-35-24-21-18-15-12-9-6-3/h9,12,15,18,21,24-26,47,50,55-58,60-62,64,66-68,70-71H,4-8,10-11,13-14,16-17,19-20,22-23,27-46,48-49,51-54H2,1-3H3,(H,65,72)/b12-9+,18-15+,24-21-,26-25+,50-47+. The second kappa shape index (κ2) is 52.1. The molecule has 436 valence electrons. The molecular weight excluding hydrogens is 943 g/mol. The molecule has 1 rings (SSSR count). The number of esters is 1. The first kappa shape index (κ1) is 70.4. The lowest BCUT2D eigenvalue weighted by Crippen LogP contribution is -2.61. The predicted molar refractivity (Wildman–Crippen MR) is 310 cm³/mol. The fourth-order valence-corrected chi connectivity index (χ4v) is 9.53. The van der Waals surface area contributed by atoms with E-state index in [1.165, 1.54) is 154 Å². The zero-order chi connectivity index (χ0) is 54.7. The van der Waals surface area contributed by atoms with Gasteiger partial charge in [0.05, 0.1) is 25.4 Å². The number of hydrogen-bond donors (Lipinski definition) is 6. The maximum Gasteiger partial charge on any atom is 0.306 e. The average Bonchev–Trinajstić information content (AvgIpc) is 3.41. The topological polar surface area (TPSA) is 175 Å². The van der Waals surface area contributed by atoms with Crippen LogP contribution in [-0.4, -0.2) is 99.6 Å². The van der Waals surface area contributed by atoms with Crippen molar-refractivity contribution in [3.8, 4) is 0 Å². The maximum absolute atomic E-state index is 13.4. The number of allylic oxidation sites excluding steroid dienone is 9. The molecule has 0 spiro atoms. The van der Waals surface area contributed by atoms with Crippen LogP contribution in [-0.2, 0) is 23.8 Å². The Balaban J connectivity index is 2.65. The Labute approximate surface area is 458 Å². The van der Waals surface area contributed by atoms with Gasteiger partial charge in [-0.05, 0) is 70.6 Å². The Morgan fingerprint density at radius 2 is 0.973 bits per heavy atom. The normalized spacial score (nSPS) is 19.6. The Bertz CT molecular complexity index is 1450. The first-order chi connectivity index (χ1) is 36.7. The van der Waals surface area contributed by atoms with Gasteiger partial charge in [0.25, 0.3) is 0 Å². The van der Waals surface area contributed by atoms with Crippen molar-refractivity contribution in [1.29, 1.82) is 0 Å². The van der Waals surface area contributed by atoms with Gasteiger partial charge in [0.2, 0.25) is 5.91 Å². The van der Waals surface area contributed by atoms with Gasteiger partial charge in [0.15, 0.2) is 12.4 Å². The van der Waals surface area contributed by atoms with Crippen molar-refractivity contribution < 1.29 is 49.3 Å². The molecule has 0 saturated carbocycles. The zero-order valence-corrected chi connectivity index (χ0v) is 48.2. The highest BCUT2D eigenvalue weighted by Crippen LogP contribution is 2.26. The van der Waals surface area contributed by atoms with E-state index in [1.807, 2.05) is 30.4 Å². The van der Waals surface area contributed by atoms with E-state index in [2.05, 4.69) is 50.4 Å². The Kier molecular flexibility index (Phi) is 48.9. The summed E-state index contributed by atoms with van der Waals surface area (Å²) in [5, 5.41) is 56.9. The minimum atomic E-state index is -1.62. The van der Waals surface area contributed by atoms with Gasteiger partial charge in [-0.1, -0.05) is 255 Å². The Hall–Kier alpha value is -2.64. The van der Waals surface area contributed by atoms with E-state index >= 15 is 0 Å². The fraction of sp³-hybridized carbons (Fsp3) is 0.812. The third-order valence-electron chi connectivity index (χ3n) is 14.5. The molecule has 1 aliphatic heterocycles. The summed E-state index contributed by atoms with van der Waals surface area (Å²) < 4.78 is 17.6. The summed E-state index contributed by atoms with van der Waals surface area (Å²) in [7, 11) is 0. The predicted octanol–water partition coefficient (Wildman–Crippen LogP) is 14.6. The fourth-order valence-electron chi connectivity index (χ4n) is 9.53. The van der Waals surface area contributed by atoms with Crippen LogP contribution in [0.2, 0.25) is 0 Å². The summed E-state index contributed by atoms with van der Waals surface area (Å²) in [6.07, 6.45) is 54.1. The molecule has 0 aliphatic carbocycles. The van der Waals surface area contributed by atoms with Crippen LogP contribution < -0.4 is 5.32 Å². The number of hydrogen-bond acceptors (Lipinski definition) is 10. The van der Waals surface area contributed by atoms with Gasteiger partial charge >= 0.3 is 5.97 Å². The van der Waals surface area contributed by atoms with Crippen molar-refractivity contribution in [2.45, 2.75) is 320 Å². The van der Waals surface area contributed by atoms with E-state index in [9.17, 15) is 35.1 Å². The van der Waals surface area contributed by atoms with Gasteiger partial charge in [-0.3, -0.25) is 9.59 Å². The number of rotatable bonds is 52. The van der Waals surface area contributed by atoms with Gasteiger partial charge in [0, 0.05) is 6.42 Å². The summed E-state index contributed by atoms with van der Waals surface area (Å²) in [6.45, 7) is 5.64. The van der Waals surface area contributed by atoms with Crippen molar-refractivity contribution in [3.63, 3.8) is 0 Å². The zero-order valence-electron chi connectivity index (χ0n) is 48.2. The quantitative estimate of drug-likeness (QED) is 0.0149. The Morgan fingerprint density at radius 1 is 0.533 bits per heavy atom. The van der Waals surface area contributed by atoms with Gasteiger partial charge in [0.1, 0.15) is 24.4 Å². The molecule has 6 N–H and O–H groups in total. The number of amides is 1. The number of aliphatic hydroxyl groups excluding tert-OH is 5. The van der Waals surface area contributed by atoms with Crippen molar-refractivity contribution in [2.75, 3.05) is 13.2 Å². The molecule has 1 saturated heterocycles. The summed E-state index contributed by atoms with van der Waals surface area (Å²) in [4.78, 5) is 26.5. The molecule has 75 heavy (non-hydrogen) atoms. The smallest absolute Gasteiger partial charge is 0.306 e.